The Kier molecular flexibility index (Phi) is 4.74. The lowest BCUT2D eigenvalue weighted by atomic mass is 10.1. The summed E-state index contributed by atoms with van der Waals surface area (Å²) in [6, 6.07) is 8.96. The van der Waals surface area contributed by atoms with Crippen LogP contribution >= 0.6 is 0 Å². The van der Waals surface area contributed by atoms with E-state index in [0.29, 0.717) is 5.56 Å². The Morgan fingerprint density at radius 3 is 2.83 bits per heavy atom. The Labute approximate surface area is 130 Å². The van der Waals surface area contributed by atoms with Crippen molar-refractivity contribution in [2.45, 2.75) is 0 Å². The predicted molar refractivity (Wildman–Crippen MR) is 80.6 cm³/mol. The molecule has 2 rings (SSSR count). The van der Waals surface area contributed by atoms with E-state index in [0.717, 1.165) is 0 Å². The number of carbonyl (C=O) groups is 1. The molecule has 0 atom stereocenters. The fraction of sp³-hybridized carbons (Fsp3) is 0.0667. The van der Waals surface area contributed by atoms with Gasteiger partial charge in [0.2, 0.25) is 0 Å². The molecule has 0 aliphatic rings. The number of nitrogens with one attached hydrogen (secondary N) is 1. The van der Waals surface area contributed by atoms with E-state index in [1.165, 1.54) is 43.7 Å². The van der Waals surface area contributed by atoms with Crippen LogP contribution in [0.3, 0.4) is 0 Å². The number of nitrogens with zero attached hydrogens (tertiary/aromatic N) is 2. The molecule has 0 bridgehead atoms. The summed E-state index contributed by atoms with van der Waals surface area (Å²) >= 11 is 0. The second-order valence-corrected chi connectivity index (χ2v) is 4.29. The van der Waals surface area contributed by atoms with E-state index in [2.05, 4.69) is 5.32 Å². The first-order valence-electron chi connectivity index (χ1n) is 6.34. The minimum atomic E-state index is -0.680. The highest BCUT2D eigenvalue weighted by atomic mass is 16.6. The maximum atomic E-state index is 12.0. The normalized spacial score (nSPS) is 10.7. The van der Waals surface area contributed by atoms with Crippen molar-refractivity contribution >= 4 is 23.6 Å². The lowest BCUT2D eigenvalue weighted by Gasteiger charge is -2.03. The summed E-state index contributed by atoms with van der Waals surface area (Å²) in [6.07, 6.45) is 2.61. The van der Waals surface area contributed by atoms with E-state index in [1.807, 2.05) is 0 Å². The Morgan fingerprint density at radius 2 is 2.26 bits per heavy atom. The van der Waals surface area contributed by atoms with Gasteiger partial charge in [0.1, 0.15) is 11.6 Å². The Hall–Kier alpha value is -3.60. The van der Waals surface area contributed by atoms with Crippen LogP contribution in [0.2, 0.25) is 0 Å². The van der Waals surface area contributed by atoms with Gasteiger partial charge in [-0.1, -0.05) is 6.07 Å². The molecule has 0 fully saturated rings. The number of benzene rings is 1. The molecule has 1 amide bonds. The van der Waals surface area contributed by atoms with Crippen LogP contribution in [0.4, 0.5) is 11.6 Å². The van der Waals surface area contributed by atoms with E-state index in [1.54, 1.807) is 12.1 Å². The molecular weight excluding hydrogens is 302 g/mol. The second kappa shape index (κ2) is 6.91. The first-order chi connectivity index (χ1) is 11.0. The van der Waals surface area contributed by atoms with Crippen molar-refractivity contribution < 1.29 is 18.9 Å². The van der Waals surface area contributed by atoms with Crippen molar-refractivity contribution in [1.29, 1.82) is 5.26 Å². The van der Waals surface area contributed by atoms with Crippen LogP contribution in [0.25, 0.3) is 6.08 Å². The Morgan fingerprint density at radius 1 is 1.48 bits per heavy atom. The number of rotatable bonds is 5. The number of carbonyl (C=O) groups excluding carboxylic acids is 1. The smallest absolute Gasteiger partial charge is 0.311 e. The summed E-state index contributed by atoms with van der Waals surface area (Å²) in [5, 5.41) is 22.5. The van der Waals surface area contributed by atoms with Crippen molar-refractivity contribution in [3.8, 4) is 11.8 Å². The number of hydrogen-bond acceptors (Lipinski definition) is 6. The summed E-state index contributed by atoms with van der Waals surface area (Å²) in [4.78, 5) is 22.3. The fourth-order valence-electron chi connectivity index (χ4n) is 1.78. The predicted octanol–water partition coefficient (Wildman–Crippen LogP) is 2.74. The lowest BCUT2D eigenvalue weighted by Crippen LogP contribution is -2.12. The minimum Gasteiger partial charge on any atom is -0.490 e. The second-order valence-electron chi connectivity index (χ2n) is 4.29. The van der Waals surface area contributed by atoms with Gasteiger partial charge in [0.05, 0.1) is 18.3 Å². The molecule has 2 aromatic rings. The van der Waals surface area contributed by atoms with Crippen molar-refractivity contribution in [3.63, 3.8) is 0 Å². The molecule has 0 saturated carbocycles. The standard InChI is InChI=1S/C15H11N3O5/c1-22-13-5-4-10(8-12(13)18(20)21)7-11(9-16)15(19)17-14-3-2-6-23-14/h2-8H,1H3,(H,17,19)/b11-7+. The quantitative estimate of drug-likeness (QED) is 0.392. The zero-order valence-electron chi connectivity index (χ0n) is 12.0. The van der Waals surface area contributed by atoms with Gasteiger partial charge in [0, 0.05) is 12.1 Å². The van der Waals surface area contributed by atoms with Crippen molar-refractivity contribution in [2.75, 3.05) is 12.4 Å². The Bertz CT molecular complexity index is 803. The maximum Gasteiger partial charge on any atom is 0.311 e. The van der Waals surface area contributed by atoms with E-state index in [-0.39, 0.29) is 22.9 Å². The van der Waals surface area contributed by atoms with Gasteiger partial charge in [-0.05, 0) is 23.8 Å². The van der Waals surface area contributed by atoms with Crippen LogP contribution < -0.4 is 10.1 Å². The van der Waals surface area contributed by atoms with Gasteiger partial charge in [0.25, 0.3) is 5.91 Å². The average Bonchev–Trinajstić information content (AvgIpc) is 3.05. The largest absolute Gasteiger partial charge is 0.490 e. The summed E-state index contributed by atoms with van der Waals surface area (Å²) in [5.41, 5.74) is -0.158. The summed E-state index contributed by atoms with van der Waals surface area (Å²) < 4.78 is 9.85. The van der Waals surface area contributed by atoms with Crippen LogP contribution in [-0.4, -0.2) is 17.9 Å². The van der Waals surface area contributed by atoms with E-state index < -0.39 is 10.8 Å². The van der Waals surface area contributed by atoms with Gasteiger partial charge < -0.3 is 9.15 Å². The molecule has 8 heteroatoms. The zero-order valence-corrected chi connectivity index (χ0v) is 12.0. The molecule has 0 aliphatic carbocycles. The third kappa shape index (κ3) is 3.74. The van der Waals surface area contributed by atoms with Crippen LogP contribution in [0.5, 0.6) is 5.75 Å². The van der Waals surface area contributed by atoms with Gasteiger partial charge in [0.15, 0.2) is 11.6 Å². The number of anilines is 1. The van der Waals surface area contributed by atoms with Crippen molar-refractivity contribution in [3.05, 3.63) is 57.8 Å². The molecule has 1 heterocycles. The summed E-state index contributed by atoms with van der Waals surface area (Å²) in [5.74, 6) is -0.400. The molecule has 1 N–H and O–H groups in total. The van der Waals surface area contributed by atoms with E-state index in [9.17, 15) is 14.9 Å². The first-order valence-corrected chi connectivity index (χ1v) is 6.34. The number of nitro groups is 1. The average molecular weight is 313 g/mol. The van der Waals surface area contributed by atoms with E-state index in [4.69, 9.17) is 14.4 Å². The highest BCUT2D eigenvalue weighted by Gasteiger charge is 2.16. The third-order valence-electron chi connectivity index (χ3n) is 2.83. The Balaban J connectivity index is 2.31. The van der Waals surface area contributed by atoms with Crippen LogP contribution in [0.1, 0.15) is 5.56 Å². The van der Waals surface area contributed by atoms with Crippen molar-refractivity contribution in [1.82, 2.24) is 0 Å². The number of nitro benzene ring substituents is 1. The number of ether oxygens (including phenoxy) is 1. The minimum absolute atomic E-state index is 0.0886. The maximum absolute atomic E-state index is 12.0. The summed E-state index contributed by atoms with van der Waals surface area (Å²) in [7, 11) is 1.31. The number of nitriles is 1. The molecular formula is C15H11N3O5. The highest BCUT2D eigenvalue weighted by molar-refractivity contribution is 6.09. The molecule has 8 nitrogen and oxygen atoms in total. The van der Waals surface area contributed by atoms with Gasteiger partial charge in [-0.3, -0.25) is 20.2 Å². The number of furan rings is 1. The van der Waals surface area contributed by atoms with Gasteiger partial charge in [-0.2, -0.15) is 5.26 Å². The number of hydrogen-bond donors (Lipinski definition) is 1. The topological polar surface area (TPSA) is 118 Å². The molecule has 0 radical (unpaired) electrons. The zero-order chi connectivity index (χ0) is 16.8. The molecule has 116 valence electrons. The SMILES string of the molecule is COc1ccc(/C=C(\C#N)C(=O)Nc2ccco2)cc1[N+](=O)[O-]. The fourth-order valence-corrected chi connectivity index (χ4v) is 1.78. The molecule has 1 aromatic heterocycles. The molecule has 0 aliphatic heterocycles. The van der Waals surface area contributed by atoms with Gasteiger partial charge >= 0.3 is 5.69 Å². The molecule has 0 saturated heterocycles. The molecule has 23 heavy (non-hydrogen) atoms. The number of amides is 1. The van der Waals surface area contributed by atoms with Crippen LogP contribution in [0, 0.1) is 21.4 Å². The third-order valence-corrected chi connectivity index (χ3v) is 2.83. The van der Waals surface area contributed by atoms with E-state index >= 15 is 0 Å². The number of methoxy groups -OCH3 is 1. The molecule has 0 unspecified atom stereocenters. The van der Waals surface area contributed by atoms with Crippen LogP contribution in [-0.2, 0) is 4.79 Å². The van der Waals surface area contributed by atoms with Crippen molar-refractivity contribution in [2.24, 2.45) is 0 Å². The highest BCUT2D eigenvalue weighted by Crippen LogP contribution is 2.28. The van der Waals surface area contributed by atoms with Gasteiger partial charge in [-0.25, -0.2) is 0 Å². The van der Waals surface area contributed by atoms with Crippen LogP contribution in [0.15, 0.2) is 46.6 Å². The van der Waals surface area contributed by atoms with Gasteiger partial charge in [-0.15, -0.1) is 0 Å². The molecule has 0 spiro atoms. The lowest BCUT2D eigenvalue weighted by molar-refractivity contribution is -0.385. The monoisotopic (exact) mass is 313 g/mol. The first kappa shape index (κ1) is 15.8. The molecule has 1 aromatic carbocycles. The summed E-state index contributed by atoms with van der Waals surface area (Å²) in [6.45, 7) is 0.